The first-order valence-corrected chi connectivity index (χ1v) is 10.5. The van der Waals surface area contributed by atoms with Crippen LogP contribution < -0.4 is 0 Å². The third-order valence-electron chi connectivity index (χ3n) is 4.86. The number of oxime groups is 1. The highest BCUT2D eigenvalue weighted by Crippen LogP contribution is 2.20. The Labute approximate surface area is 178 Å². The molecule has 30 heavy (non-hydrogen) atoms. The third kappa shape index (κ3) is 6.90. The maximum atomic E-state index is 14.1. The summed E-state index contributed by atoms with van der Waals surface area (Å²) in [5, 5.41) is 14.6. The molecule has 0 spiro atoms. The molecule has 2 atom stereocenters. The molecule has 1 heterocycles. The van der Waals surface area contributed by atoms with Gasteiger partial charge in [0.25, 0.3) is 0 Å². The van der Waals surface area contributed by atoms with E-state index in [9.17, 15) is 9.50 Å². The van der Waals surface area contributed by atoms with Crippen LogP contribution in [0.25, 0.3) is 0 Å². The summed E-state index contributed by atoms with van der Waals surface area (Å²) in [7, 11) is 0. The van der Waals surface area contributed by atoms with Crippen LogP contribution in [0.3, 0.4) is 0 Å². The molecule has 0 radical (unpaired) electrons. The molecule has 1 N–H and O–H groups in total. The molecule has 0 aliphatic carbocycles. The Hall–Kier alpha value is -2.28. The van der Waals surface area contributed by atoms with E-state index in [-0.39, 0.29) is 11.9 Å². The van der Waals surface area contributed by atoms with Gasteiger partial charge >= 0.3 is 0 Å². The fraction of sp³-hybridized carbons (Fsp3) is 0.458. The second-order valence-electron chi connectivity index (χ2n) is 8.21. The van der Waals surface area contributed by atoms with Gasteiger partial charge in [-0.3, -0.25) is 4.90 Å². The van der Waals surface area contributed by atoms with Gasteiger partial charge in [0.1, 0.15) is 11.9 Å². The average Bonchev–Trinajstić information content (AvgIpc) is 3.17. The Balaban J connectivity index is 1.59. The zero-order valence-electron chi connectivity index (χ0n) is 17.7. The quantitative estimate of drug-likeness (QED) is 0.607. The van der Waals surface area contributed by atoms with Gasteiger partial charge in [0, 0.05) is 38.2 Å². The summed E-state index contributed by atoms with van der Waals surface area (Å²) in [6.07, 6.45) is -0.250. The molecule has 6 heteroatoms. The summed E-state index contributed by atoms with van der Waals surface area (Å²) in [5.41, 5.74) is 2.26. The molecule has 1 aliphatic rings. The predicted octanol–water partition coefficient (Wildman–Crippen LogP) is 3.85. The molecule has 0 amide bonds. The molecule has 2 aromatic carbocycles. The van der Waals surface area contributed by atoms with Crippen molar-refractivity contribution in [1.82, 2.24) is 4.90 Å². The van der Waals surface area contributed by atoms with Gasteiger partial charge in [-0.15, -0.1) is 0 Å². The van der Waals surface area contributed by atoms with Gasteiger partial charge in [0.05, 0.1) is 18.4 Å². The molecular formula is C24H31FN2O3. The number of halogens is 1. The first kappa shape index (κ1) is 22.4. The maximum Gasteiger partial charge on any atom is 0.145 e. The highest BCUT2D eigenvalue weighted by molar-refractivity contribution is 6.01. The van der Waals surface area contributed by atoms with Gasteiger partial charge in [0.2, 0.25) is 0 Å². The van der Waals surface area contributed by atoms with E-state index < -0.39 is 6.10 Å². The zero-order valence-corrected chi connectivity index (χ0v) is 17.7. The van der Waals surface area contributed by atoms with Gasteiger partial charge in [-0.05, 0) is 17.5 Å². The van der Waals surface area contributed by atoms with E-state index in [4.69, 9.17) is 9.57 Å². The van der Waals surface area contributed by atoms with Gasteiger partial charge < -0.3 is 14.7 Å². The van der Waals surface area contributed by atoms with Gasteiger partial charge in [-0.1, -0.05) is 67.5 Å². The minimum Gasteiger partial charge on any atom is -0.390 e. The van der Waals surface area contributed by atoms with Gasteiger partial charge in [-0.2, -0.15) is 0 Å². The van der Waals surface area contributed by atoms with Crippen molar-refractivity contribution >= 4 is 5.71 Å². The van der Waals surface area contributed by atoms with Crippen LogP contribution in [0.2, 0.25) is 0 Å². The van der Waals surface area contributed by atoms with Crippen molar-refractivity contribution in [2.24, 2.45) is 11.1 Å². The van der Waals surface area contributed by atoms with Gasteiger partial charge in [0.15, 0.2) is 0 Å². The monoisotopic (exact) mass is 414 g/mol. The Bertz CT molecular complexity index is 813. The topological polar surface area (TPSA) is 54.3 Å². The minimum absolute atomic E-state index is 0.188. The van der Waals surface area contributed by atoms with Crippen molar-refractivity contribution in [3.8, 4) is 0 Å². The number of aliphatic hydroxyl groups excluding tert-OH is 1. The lowest BCUT2D eigenvalue weighted by atomic mass is 10.0. The van der Waals surface area contributed by atoms with E-state index in [0.717, 1.165) is 5.56 Å². The lowest BCUT2D eigenvalue weighted by Gasteiger charge is -2.27. The number of rotatable bonds is 11. The fourth-order valence-corrected chi connectivity index (χ4v) is 3.50. The number of nitrogens with zero attached hydrogens (tertiary/aromatic N) is 2. The van der Waals surface area contributed by atoms with Crippen molar-refractivity contribution in [3.63, 3.8) is 0 Å². The Morgan fingerprint density at radius 1 is 1.13 bits per heavy atom. The first-order valence-electron chi connectivity index (χ1n) is 10.5. The normalized spacial score (nSPS) is 17.3. The van der Waals surface area contributed by atoms with Crippen LogP contribution in [0.15, 0.2) is 59.8 Å². The van der Waals surface area contributed by atoms with E-state index in [1.54, 1.807) is 18.2 Å². The number of ether oxygens (including phenoxy) is 1. The van der Waals surface area contributed by atoms with E-state index >= 15 is 0 Å². The highest BCUT2D eigenvalue weighted by Gasteiger charge is 2.27. The van der Waals surface area contributed by atoms with Crippen molar-refractivity contribution in [1.29, 1.82) is 0 Å². The van der Waals surface area contributed by atoms with Crippen LogP contribution >= 0.6 is 0 Å². The summed E-state index contributed by atoms with van der Waals surface area (Å²) < 4.78 is 19.7. The van der Waals surface area contributed by atoms with Crippen LogP contribution in [-0.2, 0) is 16.1 Å². The van der Waals surface area contributed by atoms with E-state index in [1.807, 2.05) is 18.2 Å². The fourth-order valence-electron chi connectivity index (χ4n) is 3.50. The number of hydrogen-bond acceptors (Lipinski definition) is 5. The van der Waals surface area contributed by atoms with Crippen molar-refractivity contribution in [2.75, 3.05) is 26.3 Å². The molecule has 2 aromatic rings. The molecule has 0 unspecified atom stereocenters. The summed E-state index contributed by atoms with van der Waals surface area (Å²) >= 11 is 0. The average molecular weight is 415 g/mol. The lowest BCUT2D eigenvalue weighted by Crippen LogP contribution is -2.39. The number of aliphatic hydroxyl groups is 1. The summed E-state index contributed by atoms with van der Waals surface area (Å²) in [5.74, 6) is 0.137. The number of benzene rings is 2. The van der Waals surface area contributed by atoms with Crippen LogP contribution in [0.5, 0.6) is 0 Å². The zero-order chi connectivity index (χ0) is 21.3. The second kappa shape index (κ2) is 11.2. The van der Waals surface area contributed by atoms with Crippen LogP contribution in [0.1, 0.15) is 31.4 Å². The van der Waals surface area contributed by atoms with Crippen molar-refractivity contribution < 1.29 is 19.1 Å². The molecular weight excluding hydrogens is 383 g/mol. The maximum absolute atomic E-state index is 14.1. The summed E-state index contributed by atoms with van der Waals surface area (Å²) in [6, 6.07) is 16.7. The standard InChI is InChI=1S/C24H31FN2O3/c1-18(2)16-29-17-20(28)14-27(13-19-8-4-3-5-9-19)15-21-12-24(26-30-21)22-10-6-7-11-23(22)25/h3-11,18,20-21,28H,12-17H2,1-2H3/t20-,21+/m1/s1. The van der Waals surface area contributed by atoms with E-state index in [1.165, 1.54) is 6.07 Å². The molecule has 162 valence electrons. The van der Waals surface area contributed by atoms with Crippen LogP contribution in [-0.4, -0.2) is 54.2 Å². The molecule has 0 saturated heterocycles. The molecule has 3 rings (SSSR count). The summed E-state index contributed by atoms with van der Waals surface area (Å²) in [6.45, 7) is 6.81. The van der Waals surface area contributed by atoms with Crippen molar-refractivity contribution in [2.45, 2.75) is 39.0 Å². The second-order valence-corrected chi connectivity index (χ2v) is 8.21. The molecule has 1 aliphatic heterocycles. The third-order valence-corrected chi connectivity index (χ3v) is 4.86. The Morgan fingerprint density at radius 2 is 1.87 bits per heavy atom. The molecule has 0 aromatic heterocycles. The van der Waals surface area contributed by atoms with Crippen LogP contribution in [0.4, 0.5) is 4.39 Å². The minimum atomic E-state index is -0.596. The lowest BCUT2D eigenvalue weighted by molar-refractivity contribution is -0.00734. The van der Waals surface area contributed by atoms with Gasteiger partial charge in [-0.25, -0.2) is 4.39 Å². The predicted molar refractivity (Wildman–Crippen MR) is 116 cm³/mol. The SMILES string of the molecule is CC(C)COC[C@H](O)CN(Cc1ccccc1)C[C@@H]1CC(c2ccccc2F)=NO1. The van der Waals surface area contributed by atoms with E-state index in [0.29, 0.717) is 56.5 Å². The Kier molecular flexibility index (Phi) is 8.37. The first-order chi connectivity index (χ1) is 14.5. The highest BCUT2D eigenvalue weighted by atomic mass is 19.1. The number of hydrogen-bond donors (Lipinski definition) is 1. The smallest absolute Gasteiger partial charge is 0.145 e. The Morgan fingerprint density at radius 3 is 2.60 bits per heavy atom. The molecule has 0 fully saturated rings. The molecule has 0 saturated carbocycles. The van der Waals surface area contributed by atoms with Crippen molar-refractivity contribution in [3.05, 3.63) is 71.5 Å². The summed E-state index contributed by atoms with van der Waals surface area (Å²) in [4.78, 5) is 7.75. The largest absolute Gasteiger partial charge is 0.390 e. The molecule has 5 nitrogen and oxygen atoms in total. The van der Waals surface area contributed by atoms with Crippen LogP contribution in [0, 0.1) is 11.7 Å². The van der Waals surface area contributed by atoms with E-state index in [2.05, 4.69) is 36.0 Å². The molecule has 0 bridgehead atoms.